The molecule has 2 aliphatic rings. The van der Waals surface area contributed by atoms with Crippen LogP contribution in [0.1, 0.15) is 49.7 Å². The first-order chi connectivity index (χ1) is 15.4. The summed E-state index contributed by atoms with van der Waals surface area (Å²) >= 11 is 0. The van der Waals surface area contributed by atoms with Gasteiger partial charge in [0.1, 0.15) is 11.6 Å². The summed E-state index contributed by atoms with van der Waals surface area (Å²) < 4.78 is 19.1. The van der Waals surface area contributed by atoms with Crippen LogP contribution < -0.4 is 10.1 Å². The molecule has 0 radical (unpaired) electrons. The number of carbonyl (C=O) groups is 3. The SMILES string of the molecule is COc1ccc([C@]2(CC(=O)NCc3ccccc3F)CC(=O)N(C3CCCC3)C2=O)cc1. The second-order valence-corrected chi connectivity index (χ2v) is 8.54. The fourth-order valence-corrected chi connectivity index (χ4v) is 4.84. The standard InChI is InChI=1S/C25H27FN2O4/c1-32-20-12-10-18(11-13-20)25(14-22(29)27-16-17-6-2-5-9-21(17)26)15-23(30)28(24(25)31)19-7-3-4-8-19/h2,5-6,9-13,19H,3-4,7-8,14-16H2,1H3,(H,27,29)/t25-/m0/s1. The van der Waals surface area contributed by atoms with E-state index in [1.54, 1.807) is 49.6 Å². The monoisotopic (exact) mass is 438 g/mol. The second kappa shape index (κ2) is 9.10. The van der Waals surface area contributed by atoms with Crippen molar-refractivity contribution in [3.63, 3.8) is 0 Å². The Kier molecular flexibility index (Phi) is 6.26. The predicted molar refractivity (Wildman–Crippen MR) is 116 cm³/mol. The van der Waals surface area contributed by atoms with Gasteiger partial charge in [0, 0.05) is 31.0 Å². The highest BCUT2D eigenvalue weighted by molar-refractivity contribution is 6.11. The number of nitrogens with one attached hydrogen (secondary N) is 1. The number of carbonyl (C=O) groups excluding carboxylic acids is 3. The van der Waals surface area contributed by atoms with Gasteiger partial charge in [-0.05, 0) is 36.6 Å². The third-order valence-corrected chi connectivity index (χ3v) is 6.58. The third kappa shape index (κ3) is 4.11. The summed E-state index contributed by atoms with van der Waals surface area (Å²) in [7, 11) is 1.55. The summed E-state index contributed by atoms with van der Waals surface area (Å²) in [6, 6.07) is 13.0. The molecule has 0 aromatic heterocycles. The first-order valence-electron chi connectivity index (χ1n) is 11.0. The second-order valence-electron chi connectivity index (χ2n) is 8.54. The number of ether oxygens (including phenoxy) is 1. The largest absolute Gasteiger partial charge is 0.497 e. The van der Waals surface area contributed by atoms with E-state index in [0.29, 0.717) is 16.9 Å². The zero-order valence-corrected chi connectivity index (χ0v) is 18.1. The summed E-state index contributed by atoms with van der Waals surface area (Å²) in [5, 5.41) is 2.72. The van der Waals surface area contributed by atoms with Gasteiger partial charge in [0.15, 0.2) is 0 Å². The Balaban J connectivity index is 1.60. The lowest BCUT2D eigenvalue weighted by Gasteiger charge is -2.29. The van der Waals surface area contributed by atoms with Gasteiger partial charge in [-0.2, -0.15) is 0 Å². The number of halogens is 1. The van der Waals surface area contributed by atoms with Crippen LogP contribution in [-0.2, 0) is 26.3 Å². The lowest BCUT2D eigenvalue weighted by atomic mass is 9.75. The van der Waals surface area contributed by atoms with E-state index in [4.69, 9.17) is 4.74 Å². The van der Waals surface area contributed by atoms with Gasteiger partial charge < -0.3 is 10.1 Å². The van der Waals surface area contributed by atoms with Crippen LogP contribution in [0.4, 0.5) is 4.39 Å². The molecule has 1 heterocycles. The third-order valence-electron chi connectivity index (χ3n) is 6.58. The summed E-state index contributed by atoms with van der Waals surface area (Å²) in [6.45, 7) is 0.0126. The van der Waals surface area contributed by atoms with Gasteiger partial charge in [0.25, 0.3) is 0 Å². The van der Waals surface area contributed by atoms with E-state index >= 15 is 0 Å². The van der Waals surface area contributed by atoms with Crippen LogP contribution in [0, 0.1) is 5.82 Å². The molecule has 32 heavy (non-hydrogen) atoms. The lowest BCUT2D eigenvalue weighted by molar-refractivity contribution is -0.143. The van der Waals surface area contributed by atoms with Gasteiger partial charge >= 0.3 is 0 Å². The molecule has 1 saturated heterocycles. The van der Waals surface area contributed by atoms with Gasteiger partial charge in [-0.15, -0.1) is 0 Å². The fraction of sp³-hybridized carbons (Fsp3) is 0.400. The molecule has 1 N–H and O–H groups in total. The number of amides is 3. The molecule has 0 unspecified atom stereocenters. The van der Waals surface area contributed by atoms with E-state index in [2.05, 4.69) is 5.32 Å². The van der Waals surface area contributed by atoms with E-state index in [1.807, 2.05) is 0 Å². The van der Waals surface area contributed by atoms with E-state index < -0.39 is 17.1 Å². The number of hydrogen-bond donors (Lipinski definition) is 1. The van der Waals surface area contributed by atoms with Crippen LogP contribution in [-0.4, -0.2) is 35.8 Å². The average molecular weight is 438 g/mol. The number of methoxy groups -OCH3 is 1. The van der Waals surface area contributed by atoms with Crippen LogP contribution in [0.2, 0.25) is 0 Å². The smallest absolute Gasteiger partial charge is 0.241 e. The first kappa shape index (κ1) is 22.0. The minimum Gasteiger partial charge on any atom is -0.497 e. The molecule has 4 rings (SSSR count). The molecule has 0 spiro atoms. The maximum absolute atomic E-state index is 13.9. The van der Waals surface area contributed by atoms with Crippen LogP contribution in [0.5, 0.6) is 5.75 Å². The Morgan fingerprint density at radius 3 is 2.47 bits per heavy atom. The van der Waals surface area contributed by atoms with Crippen LogP contribution in [0.25, 0.3) is 0 Å². The Bertz CT molecular complexity index is 1020. The van der Waals surface area contributed by atoms with Gasteiger partial charge in [0.05, 0.1) is 12.5 Å². The predicted octanol–water partition coefficient (Wildman–Crippen LogP) is 3.48. The van der Waals surface area contributed by atoms with Gasteiger partial charge in [-0.25, -0.2) is 4.39 Å². The molecule has 2 fully saturated rings. The summed E-state index contributed by atoms with van der Waals surface area (Å²) in [4.78, 5) is 41.0. The lowest BCUT2D eigenvalue weighted by Crippen LogP contribution is -2.45. The molecule has 2 aromatic carbocycles. The number of hydrogen-bond acceptors (Lipinski definition) is 4. The van der Waals surface area contributed by atoms with Crippen molar-refractivity contribution in [3.8, 4) is 5.75 Å². The number of nitrogens with zero attached hydrogens (tertiary/aromatic N) is 1. The van der Waals surface area contributed by atoms with Crippen molar-refractivity contribution in [1.29, 1.82) is 0 Å². The minimum atomic E-state index is -1.27. The Morgan fingerprint density at radius 1 is 1.12 bits per heavy atom. The van der Waals surface area contributed by atoms with E-state index in [0.717, 1.165) is 25.7 Å². The van der Waals surface area contributed by atoms with Crippen molar-refractivity contribution in [2.75, 3.05) is 7.11 Å². The molecule has 1 atom stereocenters. The van der Waals surface area contributed by atoms with Crippen molar-refractivity contribution in [3.05, 3.63) is 65.5 Å². The van der Waals surface area contributed by atoms with Crippen molar-refractivity contribution in [1.82, 2.24) is 10.2 Å². The van der Waals surface area contributed by atoms with Crippen LogP contribution in [0.3, 0.4) is 0 Å². The van der Waals surface area contributed by atoms with Crippen molar-refractivity contribution >= 4 is 17.7 Å². The molecule has 6 nitrogen and oxygen atoms in total. The van der Waals surface area contributed by atoms with E-state index in [1.165, 1.54) is 11.0 Å². The summed E-state index contributed by atoms with van der Waals surface area (Å²) in [5.41, 5.74) is -0.301. The zero-order chi connectivity index (χ0) is 22.7. The highest BCUT2D eigenvalue weighted by atomic mass is 19.1. The zero-order valence-electron chi connectivity index (χ0n) is 18.1. The number of likely N-dealkylation sites (tertiary alicyclic amines) is 1. The summed E-state index contributed by atoms with van der Waals surface area (Å²) in [6.07, 6.45) is 3.34. The Morgan fingerprint density at radius 2 is 1.81 bits per heavy atom. The molecule has 3 amide bonds. The van der Waals surface area contributed by atoms with Gasteiger partial charge in [-0.1, -0.05) is 43.2 Å². The number of rotatable bonds is 7. The normalized spacial score (nSPS) is 21.2. The van der Waals surface area contributed by atoms with Crippen molar-refractivity contribution < 1.29 is 23.5 Å². The Hall–Kier alpha value is -3.22. The van der Waals surface area contributed by atoms with Gasteiger partial charge in [-0.3, -0.25) is 19.3 Å². The van der Waals surface area contributed by atoms with Gasteiger partial charge in [0.2, 0.25) is 17.7 Å². The molecule has 1 saturated carbocycles. The maximum Gasteiger partial charge on any atom is 0.241 e. The molecular formula is C25H27FN2O4. The van der Waals surface area contributed by atoms with Crippen LogP contribution in [0.15, 0.2) is 48.5 Å². The topological polar surface area (TPSA) is 75.7 Å². The molecule has 2 aromatic rings. The van der Waals surface area contributed by atoms with Crippen molar-refractivity contribution in [2.24, 2.45) is 0 Å². The molecule has 168 valence electrons. The molecule has 0 bridgehead atoms. The summed E-state index contributed by atoms with van der Waals surface area (Å²) in [5.74, 6) is -0.742. The molecule has 1 aliphatic heterocycles. The first-order valence-corrected chi connectivity index (χ1v) is 11.0. The highest BCUT2D eigenvalue weighted by Crippen LogP contribution is 2.43. The molecule has 1 aliphatic carbocycles. The number of benzene rings is 2. The fourth-order valence-electron chi connectivity index (χ4n) is 4.84. The van der Waals surface area contributed by atoms with E-state index in [9.17, 15) is 18.8 Å². The molecular weight excluding hydrogens is 411 g/mol. The maximum atomic E-state index is 13.9. The Labute approximate surface area is 186 Å². The highest BCUT2D eigenvalue weighted by Gasteiger charge is 2.55. The molecule has 7 heteroatoms. The van der Waals surface area contributed by atoms with E-state index in [-0.39, 0.29) is 37.2 Å². The number of imide groups is 1. The van der Waals surface area contributed by atoms with Crippen LogP contribution >= 0.6 is 0 Å². The quantitative estimate of drug-likeness (QED) is 0.672. The average Bonchev–Trinajstić information content (AvgIpc) is 3.40. The van der Waals surface area contributed by atoms with Crippen molar-refractivity contribution in [2.45, 2.75) is 56.5 Å². The minimum absolute atomic E-state index is 0.0126.